The van der Waals surface area contributed by atoms with E-state index in [9.17, 15) is 14.9 Å². The van der Waals surface area contributed by atoms with Crippen LogP contribution in [-0.2, 0) is 0 Å². The molecule has 1 aromatic carbocycles. The van der Waals surface area contributed by atoms with Crippen molar-refractivity contribution >= 4 is 17.4 Å². The quantitative estimate of drug-likeness (QED) is 0.668. The topological polar surface area (TPSA) is 88.4 Å². The van der Waals surface area contributed by atoms with Gasteiger partial charge in [-0.05, 0) is 37.0 Å². The Balaban J connectivity index is 1.49. The fourth-order valence-electron chi connectivity index (χ4n) is 3.01. The van der Waals surface area contributed by atoms with Crippen molar-refractivity contribution in [2.24, 2.45) is 5.92 Å². The third-order valence-corrected chi connectivity index (χ3v) is 4.46. The molecule has 1 aliphatic rings. The van der Waals surface area contributed by atoms with Gasteiger partial charge < -0.3 is 10.2 Å². The summed E-state index contributed by atoms with van der Waals surface area (Å²) in [5, 5.41) is 13.7. The van der Waals surface area contributed by atoms with Crippen molar-refractivity contribution in [2.75, 3.05) is 24.5 Å². The minimum absolute atomic E-state index is 0.0729. The summed E-state index contributed by atoms with van der Waals surface area (Å²) < 4.78 is 0. The molecule has 1 aromatic heterocycles. The fraction of sp³-hybridized carbons (Fsp3) is 0.333. The minimum atomic E-state index is -0.496. The molecule has 1 aliphatic heterocycles. The number of aromatic nitrogens is 1. The lowest BCUT2D eigenvalue weighted by Crippen LogP contribution is -2.39. The number of amides is 1. The van der Waals surface area contributed by atoms with Gasteiger partial charge >= 0.3 is 0 Å². The van der Waals surface area contributed by atoms with E-state index in [1.165, 1.54) is 18.2 Å². The second-order valence-corrected chi connectivity index (χ2v) is 6.14. The summed E-state index contributed by atoms with van der Waals surface area (Å²) in [6.45, 7) is 2.40. The van der Waals surface area contributed by atoms with E-state index in [0.717, 1.165) is 31.7 Å². The number of non-ortho nitro benzene ring substituents is 1. The van der Waals surface area contributed by atoms with Crippen molar-refractivity contribution in [3.63, 3.8) is 0 Å². The van der Waals surface area contributed by atoms with E-state index >= 15 is 0 Å². The number of nitrogens with zero attached hydrogens (tertiary/aromatic N) is 3. The van der Waals surface area contributed by atoms with Gasteiger partial charge in [0, 0.05) is 43.5 Å². The maximum absolute atomic E-state index is 12.2. The van der Waals surface area contributed by atoms with Gasteiger partial charge in [-0.3, -0.25) is 14.9 Å². The molecule has 1 saturated heterocycles. The zero-order valence-electron chi connectivity index (χ0n) is 13.8. The summed E-state index contributed by atoms with van der Waals surface area (Å²) >= 11 is 0. The molecule has 1 N–H and O–H groups in total. The summed E-state index contributed by atoms with van der Waals surface area (Å²) in [5.41, 5.74) is 0.247. The highest BCUT2D eigenvalue weighted by Gasteiger charge is 2.21. The van der Waals surface area contributed by atoms with Gasteiger partial charge in [0.15, 0.2) is 0 Å². The number of nitrogens with one attached hydrogen (secondary N) is 1. The van der Waals surface area contributed by atoms with Gasteiger partial charge in [-0.15, -0.1) is 0 Å². The SMILES string of the molecule is O=C(NCC1CCN(c2ccccn2)CC1)c1cccc([N+](=O)[O-])c1. The first-order chi connectivity index (χ1) is 12.1. The molecule has 0 aliphatic carbocycles. The standard InChI is InChI=1S/C18H20N4O3/c23-18(15-4-3-5-16(12-15)22(24)25)20-13-14-7-10-21(11-8-14)17-6-1-2-9-19-17/h1-6,9,12,14H,7-8,10-11,13H2,(H,20,23). The number of rotatable bonds is 5. The highest BCUT2D eigenvalue weighted by atomic mass is 16.6. The second-order valence-electron chi connectivity index (χ2n) is 6.14. The van der Waals surface area contributed by atoms with Crippen molar-refractivity contribution in [1.82, 2.24) is 10.3 Å². The third kappa shape index (κ3) is 4.32. The predicted octanol–water partition coefficient (Wildman–Crippen LogP) is 2.64. The smallest absolute Gasteiger partial charge is 0.270 e. The zero-order valence-corrected chi connectivity index (χ0v) is 13.8. The number of anilines is 1. The van der Waals surface area contributed by atoms with E-state index in [-0.39, 0.29) is 11.6 Å². The molecule has 1 amide bonds. The number of carbonyl (C=O) groups excluding carboxylic acids is 1. The van der Waals surface area contributed by atoms with E-state index in [2.05, 4.69) is 15.2 Å². The van der Waals surface area contributed by atoms with Crippen LogP contribution in [0.3, 0.4) is 0 Å². The Bertz CT molecular complexity index is 743. The maximum atomic E-state index is 12.2. The van der Waals surface area contributed by atoms with Crippen LogP contribution in [0.1, 0.15) is 23.2 Å². The molecule has 0 radical (unpaired) electrons. The zero-order chi connectivity index (χ0) is 17.6. The van der Waals surface area contributed by atoms with Crippen LogP contribution in [-0.4, -0.2) is 35.4 Å². The average Bonchev–Trinajstić information content (AvgIpc) is 2.67. The summed E-state index contributed by atoms with van der Waals surface area (Å²) in [5.74, 6) is 1.13. The van der Waals surface area contributed by atoms with Gasteiger partial charge in [0.2, 0.25) is 0 Å². The van der Waals surface area contributed by atoms with Crippen LogP contribution in [0, 0.1) is 16.0 Å². The highest BCUT2D eigenvalue weighted by Crippen LogP contribution is 2.21. The molecule has 0 spiro atoms. The molecule has 0 atom stereocenters. The number of pyridine rings is 1. The number of nitro benzene ring substituents is 1. The number of nitro groups is 1. The largest absolute Gasteiger partial charge is 0.357 e. The molecule has 7 heteroatoms. The Morgan fingerprint density at radius 1 is 1.24 bits per heavy atom. The molecule has 0 bridgehead atoms. The molecular formula is C18H20N4O3. The van der Waals surface area contributed by atoms with Crippen LogP contribution in [0.4, 0.5) is 11.5 Å². The van der Waals surface area contributed by atoms with Crippen molar-refractivity contribution in [1.29, 1.82) is 0 Å². The fourth-order valence-corrected chi connectivity index (χ4v) is 3.01. The average molecular weight is 340 g/mol. The predicted molar refractivity (Wildman–Crippen MR) is 94.6 cm³/mol. The number of benzene rings is 1. The Labute approximate surface area is 145 Å². The van der Waals surface area contributed by atoms with Crippen LogP contribution in [0.2, 0.25) is 0 Å². The van der Waals surface area contributed by atoms with E-state index in [1.807, 2.05) is 18.2 Å². The summed E-state index contributed by atoms with van der Waals surface area (Å²) in [7, 11) is 0. The van der Waals surface area contributed by atoms with Crippen molar-refractivity contribution < 1.29 is 9.72 Å². The monoisotopic (exact) mass is 340 g/mol. The van der Waals surface area contributed by atoms with Crippen LogP contribution in [0.5, 0.6) is 0 Å². The van der Waals surface area contributed by atoms with Gasteiger partial charge in [-0.25, -0.2) is 4.98 Å². The normalized spacial score (nSPS) is 15.0. The lowest BCUT2D eigenvalue weighted by atomic mass is 9.96. The van der Waals surface area contributed by atoms with Gasteiger partial charge in [-0.2, -0.15) is 0 Å². The molecule has 1 fully saturated rings. The molecule has 130 valence electrons. The highest BCUT2D eigenvalue weighted by molar-refractivity contribution is 5.94. The molecule has 0 unspecified atom stereocenters. The number of carbonyl (C=O) groups is 1. The van der Waals surface area contributed by atoms with Gasteiger partial charge in [0.1, 0.15) is 5.82 Å². The third-order valence-electron chi connectivity index (χ3n) is 4.46. The van der Waals surface area contributed by atoms with Crippen LogP contribution >= 0.6 is 0 Å². The molecule has 2 heterocycles. The molecule has 0 saturated carbocycles. The van der Waals surface area contributed by atoms with Gasteiger partial charge in [0.25, 0.3) is 11.6 Å². The number of hydrogen-bond donors (Lipinski definition) is 1. The summed E-state index contributed by atoms with van der Waals surface area (Å²) in [6, 6.07) is 11.7. The maximum Gasteiger partial charge on any atom is 0.270 e. The first kappa shape index (κ1) is 16.9. The molecule has 3 rings (SSSR count). The summed E-state index contributed by atoms with van der Waals surface area (Å²) in [4.78, 5) is 29.1. The van der Waals surface area contributed by atoms with Crippen LogP contribution in [0.15, 0.2) is 48.7 Å². The molecular weight excluding hydrogens is 320 g/mol. The van der Waals surface area contributed by atoms with Crippen molar-refractivity contribution in [2.45, 2.75) is 12.8 Å². The van der Waals surface area contributed by atoms with Crippen molar-refractivity contribution in [3.05, 3.63) is 64.3 Å². The number of piperidine rings is 1. The Hall–Kier alpha value is -2.96. The Morgan fingerprint density at radius 2 is 2.04 bits per heavy atom. The Morgan fingerprint density at radius 3 is 2.72 bits per heavy atom. The van der Waals surface area contributed by atoms with Crippen molar-refractivity contribution in [3.8, 4) is 0 Å². The van der Waals surface area contributed by atoms with Gasteiger partial charge in [0.05, 0.1) is 4.92 Å². The number of hydrogen-bond acceptors (Lipinski definition) is 5. The second kappa shape index (κ2) is 7.74. The van der Waals surface area contributed by atoms with Crippen LogP contribution in [0.25, 0.3) is 0 Å². The van der Waals surface area contributed by atoms with Gasteiger partial charge in [-0.1, -0.05) is 12.1 Å². The lowest BCUT2D eigenvalue weighted by Gasteiger charge is -2.32. The molecule has 2 aromatic rings. The first-order valence-corrected chi connectivity index (χ1v) is 8.32. The van der Waals surface area contributed by atoms with E-state index < -0.39 is 4.92 Å². The van der Waals surface area contributed by atoms with E-state index in [4.69, 9.17) is 0 Å². The van der Waals surface area contributed by atoms with E-state index in [1.54, 1.807) is 12.3 Å². The minimum Gasteiger partial charge on any atom is -0.357 e. The van der Waals surface area contributed by atoms with E-state index in [0.29, 0.717) is 18.0 Å². The first-order valence-electron chi connectivity index (χ1n) is 8.32. The molecule has 25 heavy (non-hydrogen) atoms. The van der Waals surface area contributed by atoms with Crippen LogP contribution < -0.4 is 10.2 Å². The summed E-state index contributed by atoms with van der Waals surface area (Å²) in [6.07, 6.45) is 3.75. The Kier molecular flexibility index (Phi) is 5.23. The molecule has 7 nitrogen and oxygen atoms in total. The lowest BCUT2D eigenvalue weighted by molar-refractivity contribution is -0.384.